The van der Waals surface area contributed by atoms with Crippen LogP contribution in [0.25, 0.3) is 0 Å². The van der Waals surface area contributed by atoms with E-state index in [0.29, 0.717) is 0 Å². The van der Waals surface area contributed by atoms with Crippen LogP contribution in [-0.2, 0) is 10.0 Å². The van der Waals surface area contributed by atoms with Crippen molar-refractivity contribution in [3.05, 3.63) is 71.8 Å². The molecule has 1 aliphatic heterocycles. The molecule has 0 unspecified atom stereocenters. The quantitative estimate of drug-likeness (QED) is 0.871. The van der Waals surface area contributed by atoms with E-state index in [1.54, 1.807) is 4.31 Å². The first-order valence-electron chi connectivity index (χ1n) is 7.08. The molecule has 0 radical (unpaired) electrons. The number of hydrogen-bond acceptors (Lipinski definition) is 2. The van der Waals surface area contributed by atoms with Crippen molar-refractivity contribution in [2.24, 2.45) is 5.92 Å². The molecule has 0 aliphatic carbocycles. The van der Waals surface area contributed by atoms with Crippen molar-refractivity contribution in [2.45, 2.75) is 19.0 Å². The molecule has 2 atom stereocenters. The van der Waals surface area contributed by atoms with Crippen molar-refractivity contribution >= 4 is 10.0 Å². The third kappa shape index (κ3) is 2.49. The van der Waals surface area contributed by atoms with Crippen molar-refractivity contribution in [3.8, 4) is 0 Å². The Labute approximate surface area is 126 Å². The van der Waals surface area contributed by atoms with Gasteiger partial charge in [0.2, 0.25) is 10.0 Å². The van der Waals surface area contributed by atoms with Crippen LogP contribution in [0.15, 0.2) is 60.7 Å². The smallest absolute Gasteiger partial charge is 0.212 e. The third-order valence-electron chi connectivity index (χ3n) is 4.21. The zero-order chi connectivity index (χ0) is 15.0. The molecule has 0 aromatic heterocycles. The van der Waals surface area contributed by atoms with E-state index in [1.807, 2.05) is 60.7 Å². The van der Waals surface area contributed by atoms with Crippen LogP contribution in [-0.4, -0.2) is 19.0 Å². The Morgan fingerprint density at radius 3 is 1.52 bits per heavy atom. The molecule has 2 aromatic carbocycles. The number of hydrogen-bond donors (Lipinski definition) is 0. The van der Waals surface area contributed by atoms with Crippen LogP contribution in [0.2, 0.25) is 0 Å². The second kappa shape index (κ2) is 5.28. The Morgan fingerprint density at radius 1 is 0.810 bits per heavy atom. The zero-order valence-electron chi connectivity index (χ0n) is 12.2. The molecule has 21 heavy (non-hydrogen) atoms. The molecule has 1 saturated heterocycles. The Balaban J connectivity index is 2.02. The molecule has 0 spiro atoms. The highest BCUT2D eigenvalue weighted by Gasteiger charge is 2.51. The van der Waals surface area contributed by atoms with E-state index in [0.717, 1.165) is 11.1 Å². The highest BCUT2D eigenvalue weighted by Crippen LogP contribution is 2.53. The zero-order valence-corrected chi connectivity index (χ0v) is 13.0. The molecule has 0 bridgehead atoms. The van der Waals surface area contributed by atoms with Crippen LogP contribution < -0.4 is 0 Å². The molecule has 1 heterocycles. The number of nitrogens with zero attached hydrogens (tertiary/aromatic N) is 1. The van der Waals surface area contributed by atoms with E-state index in [9.17, 15) is 8.42 Å². The minimum atomic E-state index is -3.26. The van der Waals surface area contributed by atoms with Gasteiger partial charge in [-0.25, -0.2) is 8.42 Å². The predicted molar refractivity (Wildman–Crippen MR) is 84.2 cm³/mol. The lowest BCUT2D eigenvalue weighted by Crippen LogP contribution is -2.53. The first-order chi connectivity index (χ1) is 10.00. The van der Waals surface area contributed by atoms with Gasteiger partial charge in [-0.05, 0) is 17.0 Å². The van der Waals surface area contributed by atoms with Gasteiger partial charge in [-0.2, -0.15) is 4.31 Å². The second-order valence-corrected chi connectivity index (χ2v) is 7.55. The monoisotopic (exact) mass is 301 g/mol. The SMILES string of the molecule is CC1[C@@H](c2ccccc2)N(S(C)(=O)=O)[C@@H]1c1ccccc1. The van der Waals surface area contributed by atoms with E-state index in [4.69, 9.17) is 0 Å². The summed E-state index contributed by atoms with van der Waals surface area (Å²) in [6, 6.07) is 19.6. The maximum absolute atomic E-state index is 12.3. The molecular formula is C17H19NO2S. The van der Waals surface area contributed by atoms with Gasteiger partial charge in [0.25, 0.3) is 0 Å². The van der Waals surface area contributed by atoms with E-state index < -0.39 is 10.0 Å². The maximum atomic E-state index is 12.3. The normalized spacial score (nSPS) is 23.7. The highest BCUT2D eigenvalue weighted by molar-refractivity contribution is 7.88. The van der Waals surface area contributed by atoms with Crippen molar-refractivity contribution in [1.82, 2.24) is 4.31 Å². The fourth-order valence-corrected chi connectivity index (χ4v) is 4.77. The minimum absolute atomic E-state index is 0.0774. The van der Waals surface area contributed by atoms with Gasteiger partial charge in [0.15, 0.2) is 0 Å². The van der Waals surface area contributed by atoms with E-state index >= 15 is 0 Å². The summed E-state index contributed by atoms with van der Waals surface area (Å²) in [5.41, 5.74) is 2.12. The maximum Gasteiger partial charge on any atom is 0.212 e. The topological polar surface area (TPSA) is 37.4 Å². The van der Waals surface area contributed by atoms with Crippen molar-refractivity contribution < 1.29 is 8.42 Å². The Bertz CT molecular complexity index is 665. The molecule has 2 aromatic rings. The first kappa shape index (κ1) is 14.3. The van der Waals surface area contributed by atoms with Crippen LogP contribution in [0.5, 0.6) is 0 Å². The summed E-state index contributed by atoms with van der Waals surface area (Å²) in [5, 5.41) is 0. The molecule has 0 N–H and O–H groups in total. The van der Waals surface area contributed by atoms with Crippen LogP contribution in [0.1, 0.15) is 30.1 Å². The van der Waals surface area contributed by atoms with Crippen molar-refractivity contribution in [2.75, 3.05) is 6.26 Å². The summed E-state index contributed by atoms with van der Waals surface area (Å²) >= 11 is 0. The second-order valence-electron chi connectivity index (χ2n) is 5.66. The molecule has 3 rings (SSSR count). The molecule has 1 aliphatic rings. The van der Waals surface area contributed by atoms with Crippen LogP contribution in [0.3, 0.4) is 0 Å². The Hall–Kier alpha value is -1.65. The van der Waals surface area contributed by atoms with Crippen molar-refractivity contribution in [1.29, 1.82) is 0 Å². The number of benzene rings is 2. The molecular weight excluding hydrogens is 282 g/mol. The summed E-state index contributed by atoms with van der Waals surface area (Å²) in [4.78, 5) is 0. The van der Waals surface area contributed by atoms with Gasteiger partial charge < -0.3 is 0 Å². The van der Waals surface area contributed by atoms with Gasteiger partial charge >= 0.3 is 0 Å². The lowest BCUT2D eigenvalue weighted by atomic mass is 9.77. The summed E-state index contributed by atoms with van der Waals surface area (Å²) < 4.78 is 26.1. The van der Waals surface area contributed by atoms with Gasteiger partial charge in [-0.15, -0.1) is 0 Å². The Kier molecular flexibility index (Phi) is 3.59. The van der Waals surface area contributed by atoms with Gasteiger partial charge in [0.05, 0.1) is 18.3 Å². The summed E-state index contributed by atoms with van der Waals surface area (Å²) in [5.74, 6) is 0.254. The average Bonchev–Trinajstić information content (AvgIpc) is 2.46. The van der Waals surface area contributed by atoms with E-state index in [1.165, 1.54) is 6.26 Å². The van der Waals surface area contributed by atoms with E-state index in [-0.39, 0.29) is 18.0 Å². The minimum Gasteiger partial charge on any atom is -0.212 e. The Morgan fingerprint density at radius 2 is 1.19 bits per heavy atom. The van der Waals surface area contributed by atoms with Gasteiger partial charge in [0, 0.05) is 0 Å². The molecule has 110 valence electrons. The largest absolute Gasteiger partial charge is 0.212 e. The summed E-state index contributed by atoms with van der Waals surface area (Å²) in [6.07, 6.45) is 1.30. The molecule has 0 saturated carbocycles. The van der Waals surface area contributed by atoms with Gasteiger partial charge in [0.1, 0.15) is 0 Å². The van der Waals surface area contributed by atoms with Crippen molar-refractivity contribution in [3.63, 3.8) is 0 Å². The number of rotatable bonds is 3. The van der Waals surface area contributed by atoms with Gasteiger partial charge in [-0.1, -0.05) is 67.6 Å². The lowest BCUT2D eigenvalue weighted by molar-refractivity contribution is 0.0303. The fraction of sp³-hybridized carbons (Fsp3) is 0.294. The summed E-state index contributed by atoms with van der Waals surface area (Å²) in [7, 11) is -3.26. The number of sulfonamides is 1. The molecule has 4 heteroatoms. The van der Waals surface area contributed by atoms with E-state index in [2.05, 4.69) is 6.92 Å². The lowest BCUT2D eigenvalue weighted by Gasteiger charge is -2.52. The van der Waals surface area contributed by atoms with Crippen LogP contribution in [0, 0.1) is 5.92 Å². The fourth-order valence-electron chi connectivity index (χ4n) is 3.32. The predicted octanol–water partition coefficient (Wildman–Crippen LogP) is 3.38. The summed E-state index contributed by atoms with van der Waals surface area (Å²) in [6.45, 7) is 2.12. The van der Waals surface area contributed by atoms with Crippen LogP contribution in [0.4, 0.5) is 0 Å². The van der Waals surface area contributed by atoms with Crippen LogP contribution >= 0.6 is 0 Å². The first-order valence-corrected chi connectivity index (χ1v) is 8.93. The molecule has 0 amide bonds. The highest BCUT2D eigenvalue weighted by atomic mass is 32.2. The molecule has 1 fully saturated rings. The molecule has 3 nitrogen and oxygen atoms in total. The van der Waals surface area contributed by atoms with Gasteiger partial charge in [-0.3, -0.25) is 0 Å². The standard InChI is InChI=1S/C17H19NO2S/c1-13-16(14-9-5-3-6-10-14)18(21(2,19)20)17(13)15-11-7-4-8-12-15/h3-13,16-17H,1-2H3/t16-,17-/m0/s1. The third-order valence-corrected chi connectivity index (χ3v) is 5.43. The average molecular weight is 301 g/mol.